The number of nitrogens with zero attached hydrogens (tertiary/aromatic N) is 2. The Bertz CT molecular complexity index is 335. The lowest BCUT2D eigenvalue weighted by molar-refractivity contribution is 0.331. The minimum Gasteiger partial charge on any atom is -0.384 e. The third kappa shape index (κ3) is 2.09. The second-order valence-electron chi connectivity index (χ2n) is 4.57. The van der Waals surface area contributed by atoms with Gasteiger partial charge >= 0.3 is 0 Å². The second kappa shape index (κ2) is 3.77. The maximum atomic E-state index is 5.75. The van der Waals surface area contributed by atoms with Gasteiger partial charge in [0.1, 0.15) is 11.6 Å². The van der Waals surface area contributed by atoms with E-state index in [0.29, 0.717) is 5.82 Å². The highest BCUT2D eigenvalue weighted by atomic mass is 15.0. The highest BCUT2D eigenvalue weighted by Crippen LogP contribution is 2.29. The Morgan fingerprint density at radius 1 is 1.47 bits per heavy atom. The molecule has 0 radical (unpaired) electrons. The molecule has 1 aliphatic rings. The largest absolute Gasteiger partial charge is 0.384 e. The normalized spacial score (nSPS) is 26.5. The van der Waals surface area contributed by atoms with Crippen molar-refractivity contribution in [3.8, 4) is 0 Å². The Labute approximate surface area is 90.3 Å². The van der Waals surface area contributed by atoms with Gasteiger partial charge in [-0.2, -0.15) is 0 Å². The summed E-state index contributed by atoms with van der Waals surface area (Å²) in [5.74, 6) is 1.33. The topological polar surface area (TPSA) is 63.8 Å². The molecule has 1 aromatic heterocycles. The standard InChI is InChI=1S/C11H18N4/c1-8-14-9(6-10(12)15-8)11(2)4-3-5-13-7-11/h6,13H,3-5,7H2,1-2H3,(H2,12,14,15)/t11-/m1/s1. The van der Waals surface area contributed by atoms with Crippen molar-refractivity contribution < 1.29 is 0 Å². The summed E-state index contributed by atoms with van der Waals surface area (Å²) in [4.78, 5) is 8.60. The van der Waals surface area contributed by atoms with E-state index in [1.807, 2.05) is 13.0 Å². The second-order valence-corrected chi connectivity index (χ2v) is 4.57. The number of anilines is 1. The minimum atomic E-state index is 0.111. The van der Waals surface area contributed by atoms with E-state index in [9.17, 15) is 0 Å². The Morgan fingerprint density at radius 2 is 2.27 bits per heavy atom. The van der Waals surface area contributed by atoms with Crippen LogP contribution in [0.2, 0.25) is 0 Å². The smallest absolute Gasteiger partial charge is 0.127 e. The highest BCUT2D eigenvalue weighted by Gasteiger charge is 2.30. The van der Waals surface area contributed by atoms with Gasteiger partial charge in [-0.1, -0.05) is 6.92 Å². The quantitative estimate of drug-likeness (QED) is 0.719. The number of nitrogens with one attached hydrogen (secondary N) is 1. The predicted octanol–water partition coefficient (Wildman–Crippen LogP) is 1.01. The van der Waals surface area contributed by atoms with Gasteiger partial charge in [0, 0.05) is 18.0 Å². The summed E-state index contributed by atoms with van der Waals surface area (Å²) in [7, 11) is 0. The molecule has 2 heterocycles. The van der Waals surface area contributed by atoms with Crippen molar-refractivity contribution in [1.29, 1.82) is 0 Å². The molecule has 0 aliphatic carbocycles. The van der Waals surface area contributed by atoms with Gasteiger partial charge in [0.05, 0.1) is 5.69 Å². The van der Waals surface area contributed by atoms with E-state index in [1.54, 1.807) is 0 Å². The summed E-state index contributed by atoms with van der Waals surface area (Å²) >= 11 is 0. The maximum absolute atomic E-state index is 5.75. The van der Waals surface area contributed by atoms with Crippen LogP contribution in [0.4, 0.5) is 5.82 Å². The van der Waals surface area contributed by atoms with Gasteiger partial charge in [-0.3, -0.25) is 0 Å². The first kappa shape index (κ1) is 10.4. The van der Waals surface area contributed by atoms with Crippen LogP contribution >= 0.6 is 0 Å². The molecule has 0 unspecified atom stereocenters. The monoisotopic (exact) mass is 206 g/mol. The van der Waals surface area contributed by atoms with E-state index < -0.39 is 0 Å². The van der Waals surface area contributed by atoms with Crippen LogP contribution in [0.3, 0.4) is 0 Å². The molecule has 1 aromatic rings. The number of rotatable bonds is 1. The molecule has 3 N–H and O–H groups in total. The van der Waals surface area contributed by atoms with Crippen LogP contribution in [0, 0.1) is 6.92 Å². The summed E-state index contributed by atoms with van der Waals surface area (Å²) in [6.07, 6.45) is 2.36. The third-order valence-electron chi connectivity index (χ3n) is 3.07. The van der Waals surface area contributed by atoms with Gasteiger partial charge < -0.3 is 11.1 Å². The van der Waals surface area contributed by atoms with Crippen molar-refractivity contribution in [2.24, 2.45) is 0 Å². The van der Waals surface area contributed by atoms with Gasteiger partial charge in [0.25, 0.3) is 0 Å². The molecule has 4 heteroatoms. The molecule has 2 rings (SSSR count). The van der Waals surface area contributed by atoms with Crippen LogP contribution in [-0.4, -0.2) is 23.1 Å². The molecule has 1 aliphatic heterocycles. The maximum Gasteiger partial charge on any atom is 0.127 e. The van der Waals surface area contributed by atoms with Crippen LogP contribution < -0.4 is 11.1 Å². The first-order chi connectivity index (χ1) is 7.10. The molecule has 1 saturated heterocycles. The lowest BCUT2D eigenvalue weighted by atomic mass is 9.79. The first-order valence-electron chi connectivity index (χ1n) is 5.42. The molecule has 1 atom stereocenters. The molecule has 0 saturated carbocycles. The number of hydrogen-bond acceptors (Lipinski definition) is 4. The molecule has 0 aromatic carbocycles. The van der Waals surface area contributed by atoms with Gasteiger partial charge in [-0.15, -0.1) is 0 Å². The van der Waals surface area contributed by atoms with E-state index in [1.165, 1.54) is 6.42 Å². The van der Waals surface area contributed by atoms with Gasteiger partial charge in [0.2, 0.25) is 0 Å². The third-order valence-corrected chi connectivity index (χ3v) is 3.07. The molecule has 82 valence electrons. The number of nitrogens with two attached hydrogens (primary N) is 1. The molecule has 4 nitrogen and oxygen atoms in total. The zero-order chi connectivity index (χ0) is 10.9. The summed E-state index contributed by atoms with van der Waals surface area (Å²) in [6, 6.07) is 1.90. The minimum absolute atomic E-state index is 0.111. The van der Waals surface area contributed by atoms with E-state index in [4.69, 9.17) is 5.73 Å². The highest BCUT2D eigenvalue weighted by molar-refractivity contribution is 5.33. The molecule has 0 amide bonds. The fourth-order valence-electron chi connectivity index (χ4n) is 2.17. The summed E-state index contributed by atoms with van der Waals surface area (Å²) < 4.78 is 0. The Morgan fingerprint density at radius 3 is 2.87 bits per heavy atom. The van der Waals surface area contributed by atoms with Crippen molar-refractivity contribution in [3.63, 3.8) is 0 Å². The summed E-state index contributed by atoms with van der Waals surface area (Å²) in [6.45, 7) is 6.21. The van der Waals surface area contributed by atoms with Crippen molar-refractivity contribution in [3.05, 3.63) is 17.6 Å². The van der Waals surface area contributed by atoms with Crippen LogP contribution in [0.1, 0.15) is 31.3 Å². The van der Waals surface area contributed by atoms with Gasteiger partial charge in [-0.05, 0) is 26.3 Å². The van der Waals surface area contributed by atoms with Crippen molar-refractivity contribution in [2.75, 3.05) is 18.8 Å². The number of nitrogen functional groups attached to an aromatic ring is 1. The zero-order valence-electron chi connectivity index (χ0n) is 9.38. The number of aryl methyl sites for hydroxylation is 1. The molecule has 1 fully saturated rings. The lowest BCUT2D eigenvalue weighted by Gasteiger charge is -2.33. The van der Waals surface area contributed by atoms with E-state index in [-0.39, 0.29) is 5.41 Å². The van der Waals surface area contributed by atoms with Crippen molar-refractivity contribution >= 4 is 5.82 Å². The van der Waals surface area contributed by atoms with Crippen molar-refractivity contribution in [2.45, 2.75) is 32.1 Å². The fourth-order valence-corrected chi connectivity index (χ4v) is 2.17. The number of piperidine rings is 1. The van der Waals surface area contributed by atoms with E-state index in [2.05, 4.69) is 22.2 Å². The van der Waals surface area contributed by atoms with Crippen LogP contribution in [0.25, 0.3) is 0 Å². The van der Waals surface area contributed by atoms with Crippen LogP contribution in [0.5, 0.6) is 0 Å². The SMILES string of the molecule is Cc1nc(N)cc([C@]2(C)CCCNC2)n1. The Hall–Kier alpha value is -1.16. The van der Waals surface area contributed by atoms with E-state index in [0.717, 1.165) is 31.0 Å². The molecule has 0 bridgehead atoms. The Balaban J connectivity index is 2.34. The number of hydrogen-bond donors (Lipinski definition) is 2. The number of aromatic nitrogens is 2. The summed E-state index contributed by atoms with van der Waals surface area (Å²) in [5, 5.41) is 3.41. The van der Waals surface area contributed by atoms with Crippen LogP contribution in [-0.2, 0) is 5.41 Å². The molecule has 15 heavy (non-hydrogen) atoms. The zero-order valence-corrected chi connectivity index (χ0v) is 9.38. The molecule has 0 spiro atoms. The molecular formula is C11H18N4. The van der Waals surface area contributed by atoms with Crippen LogP contribution in [0.15, 0.2) is 6.07 Å². The first-order valence-corrected chi connectivity index (χ1v) is 5.42. The van der Waals surface area contributed by atoms with Gasteiger partial charge in [0.15, 0.2) is 0 Å². The van der Waals surface area contributed by atoms with Crippen molar-refractivity contribution in [1.82, 2.24) is 15.3 Å². The van der Waals surface area contributed by atoms with E-state index >= 15 is 0 Å². The summed E-state index contributed by atoms with van der Waals surface area (Å²) in [5.41, 5.74) is 6.93. The average Bonchev–Trinajstić information content (AvgIpc) is 2.17. The average molecular weight is 206 g/mol. The fraction of sp³-hybridized carbons (Fsp3) is 0.636. The predicted molar refractivity (Wildman–Crippen MR) is 60.6 cm³/mol. The molecular weight excluding hydrogens is 188 g/mol. The lowest BCUT2D eigenvalue weighted by Crippen LogP contribution is -2.41. The Kier molecular flexibility index (Phi) is 2.61. The van der Waals surface area contributed by atoms with Gasteiger partial charge in [-0.25, -0.2) is 9.97 Å².